The van der Waals surface area contributed by atoms with Crippen LogP contribution in [0.2, 0.25) is 0 Å². The lowest BCUT2D eigenvalue weighted by Gasteiger charge is -2.26. The van der Waals surface area contributed by atoms with Crippen LogP contribution in [0.4, 0.5) is 0 Å². The molecule has 0 saturated heterocycles. The van der Waals surface area contributed by atoms with Crippen molar-refractivity contribution >= 4 is 0 Å². The molecular formula is C22H16. The van der Waals surface area contributed by atoms with Crippen LogP contribution in [-0.4, -0.2) is 0 Å². The van der Waals surface area contributed by atoms with E-state index in [1.807, 2.05) is 30.3 Å². The molecule has 0 heteroatoms. The summed E-state index contributed by atoms with van der Waals surface area (Å²) in [6.07, 6.45) is 19.8. The van der Waals surface area contributed by atoms with Crippen LogP contribution in [0.3, 0.4) is 0 Å². The number of terminal acetylenes is 2. The molecule has 0 saturated carbocycles. The maximum atomic E-state index is 5.82. The lowest BCUT2D eigenvalue weighted by atomic mass is 9.75. The highest BCUT2D eigenvalue weighted by Gasteiger charge is 2.26. The molecule has 0 bridgehead atoms. The third-order valence-corrected chi connectivity index (χ3v) is 4.09. The first-order valence-corrected chi connectivity index (χ1v) is 7.26. The highest BCUT2D eigenvalue weighted by molar-refractivity contribution is 5.50. The third-order valence-electron chi connectivity index (χ3n) is 4.09. The molecular weight excluding hydrogens is 264 g/mol. The standard InChI is InChI=1S/C22H16/c1-3-18-10-12-19(13-11-18)20-14-16-22(4-2,17-15-20)21-8-6-5-7-9-21/h1-2,5-17,20H. The van der Waals surface area contributed by atoms with Crippen LogP contribution < -0.4 is 0 Å². The first kappa shape index (κ1) is 14.0. The zero-order valence-corrected chi connectivity index (χ0v) is 12.2. The molecule has 0 aliphatic heterocycles. The summed E-state index contributed by atoms with van der Waals surface area (Å²) in [5.41, 5.74) is 2.78. The molecule has 0 aromatic heterocycles. The van der Waals surface area contributed by atoms with Gasteiger partial charge in [-0.25, -0.2) is 0 Å². The van der Waals surface area contributed by atoms with Gasteiger partial charge in [-0.3, -0.25) is 0 Å². The van der Waals surface area contributed by atoms with Crippen LogP contribution >= 0.6 is 0 Å². The van der Waals surface area contributed by atoms with Gasteiger partial charge in [-0.2, -0.15) is 0 Å². The van der Waals surface area contributed by atoms with Crippen molar-refractivity contribution in [2.24, 2.45) is 0 Å². The van der Waals surface area contributed by atoms with Crippen LogP contribution in [-0.2, 0) is 5.41 Å². The fourth-order valence-corrected chi connectivity index (χ4v) is 2.74. The molecule has 22 heavy (non-hydrogen) atoms. The van der Waals surface area contributed by atoms with E-state index in [9.17, 15) is 0 Å². The van der Waals surface area contributed by atoms with E-state index in [0.717, 1.165) is 11.1 Å². The summed E-state index contributed by atoms with van der Waals surface area (Å²) in [6.45, 7) is 0. The van der Waals surface area contributed by atoms with E-state index in [2.05, 4.69) is 60.4 Å². The van der Waals surface area contributed by atoms with E-state index in [4.69, 9.17) is 12.8 Å². The minimum Gasteiger partial charge on any atom is -0.118 e. The number of allylic oxidation sites excluding steroid dienone is 4. The van der Waals surface area contributed by atoms with Crippen molar-refractivity contribution in [2.45, 2.75) is 11.3 Å². The first-order valence-electron chi connectivity index (χ1n) is 7.26. The molecule has 0 amide bonds. The van der Waals surface area contributed by atoms with Crippen LogP contribution in [0.15, 0.2) is 78.9 Å². The Hall–Kier alpha value is -2.96. The Kier molecular flexibility index (Phi) is 3.69. The molecule has 3 rings (SSSR count). The van der Waals surface area contributed by atoms with E-state index in [-0.39, 0.29) is 5.92 Å². The average molecular weight is 280 g/mol. The zero-order valence-electron chi connectivity index (χ0n) is 12.2. The molecule has 2 aromatic carbocycles. The fraction of sp³-hybridized carbons (Fsp3) is 0.0909. The Morgan fingerprint density at radius 2 is 1.45 bits per heavy atom. The number of hydrogen-bond donors (Lipinski definition) is 0. The summed E-state index contributed by atoms with van der Waals surface area (Å²) >= 11 is 0. The summed E-state index contributed by atoms with van der Waals surface area (Å²) in [6, 6.07) is 18.2. The van der Waals surface area contributed by atoms with Gasteiger partial charge in [-0.15, -0.1) is 12.8 Å². The SMILES string of the molecule is C#Cc1ccc(C2C=CC(C#C)(c3ccccc3)C=C2)cc1. The van der Waals surface area contributed by atoms with Crippen molar-refractivity contribution in [2.75, 3.05) is 0 Å². The lowest BCUT2D eigenvalue weighted by molar-refractivity contribution is 0.843. The van der Waals surface area contributed by atoms with Gasteiger partial charge in [0, 0.05) is 11.5 Å². The predicted octanol–water partition coefficient (Wildman–Crippen LogP) is 4.45. The van der Waals surface area contributed by atoms with Gasteiger partial charge in [0.25, 0.3) is 0 Å². The second-order valence-electron chi connectivity index (χ2n) is 5.39. The fourth-order valence-electron chi connectivity index (χ4n) is 2.74. The molecule has 104 valence electrons. The highest BCUT2D eigenvalue weighted by atomic mass is 14.3. The topological polar surface area (TPSA) is 0 Å². The number of rotatable bonds is 2. The summed E-state index contributed by atoms with van der Waals surface area (Å²) in [4.78, 5) is 0. The molecule has 0 atom stereocenters. The van der Waals surface area contributed by atoms with E-state index in [1.54, 1.807) is 0 Å². The average Bonchev–Trinajstić information content (AvgIpc) is 2.63. The first-order chi connectivity index (χ1) is 10.8. The normalized spacial score (nSPS) is 22.7. The van der Waals surface area contributed by atoms with E-state index < -0.39 is 5.41 Å². The quantitative estimate of drug-likeness (QED) is 0.563. The number of benzene rings is 2. The van der Waals surface area contributed by atoms with E-state index in [0.29, 0.717) is 0 Å². The molecule has 0 fully saturated rings. The summed E-state index contributed by atoms with van der Waals surface area (Å²) in [7, 11) is 0. The number of hydrogen-bond acceptors (Lipinski definition) is 0. The van der Waals surface area contributed by atoms with Crippen molar-refractivity contribution in [1.29, 1.82) is 0 Å². The van der Waals surface area contributed by atoms with Gasteiger partial charge >= 0.3 is 0 Å². The van der Waals surface area contributed by atoms with Gasteiger partial charge < -0.3 is 0 Å². The van der Waals surface area contributed by atoms with Gasteiger partial charge in [0.05, 0.1) is 5.41 Å². The molecule has 1 aliphatic carbocycles. The Labute approximate surface area is 132 Å². The Morgan fingerprint density at radius 1 is 0.818 bits per heavy atom. The van der Waals surface area contributed by atoms with Crippen molar-refractivity contribution < 1.29 is 0 Å². The summed E-state index contributed by atoms with van der Waals surface area (Å²) < 4.78 is 0. The molecule has 0 spiro atoms. The van der Waals surface area contributed by atoms with Crippen molar-refractivity contribution in [3.8, 4) is 24.7 Å². The van der Waals surface area contributed by atoms with Crippen LogP contribution in [0, 0.1) is 24.7 Å². The Balaban J connectivity index is 1.90. The second kappa shape index (κ2) is 5.80. The molecule has 2 aromatic rings. The minimum absolute atomic E-state index is 0.233. The van der Waals surface area contributed by atoms with Gasteiger partial charge in [-0.1, -0.05) is 78.6 Å². The molecule has 0 heterocycles. The molecule has 0 unspecified atom stereocenters. The van der Waals surface area contributed by atoms with E-state index in [1.165, 1.54) is 5.56 Å². The smallest absolute Gasteiger partial charge is 0.0921 e. The Bertz CT molecular complexity index is 776. The molecule has 0 nitrogen and oxygen atoms in total. The maximum Gasteiger partial charge on any atom is 0.0921 e. The van der Waals surface area contributed by atoms with Gasteiger partial charge in [0.2, 0.25) is 0 Å². The summed E-state index contributed by atoms with van der Waals surface area (Å²) in [5.74, 6) is 5.80. The van der Waals surface area contributed by atoms with Gasteiger partial charge in [0.15, 0.2) is 0 Å². The van der Waals surface area contributed by atoms with Crippen molar-refractivity contribution in [3.63, 3.8) is 0 Å². The lowest BCUT2D eigenvalue weighted by Crippen LogP contribution is -2.21. The van der Waals surface area contributed by atoms with Crippen molar-refractivity contribution in [1.82, 2.24) is 0 Å². The van der Waals surface area contributed by atoms with Gasteiger partial charge in [-0.05, 0) is 23.3 Å². The van der Waals surface area contributed by atoms with E-state index >= 15 is 0 Å². The second-order valence-corrected chi connectivity index (χ2v) is 5.39. The van der Waals surface area contributed by atoms with Crippen LogP contribution in [0.25, 0.3) is 0 Å². The van der Waals surface area contributed by atoms with Crippen LogP contribution in [0.5, 0.6) is 0 Å². The zero-order chi connectivity index (χ0) is 15.4. The Morgan fingerprint density at radius 3 is 2.00 bits per heavy atom. The monoisotopic (exact) mass is 280 g/mol. The van der Waals surface area contributed by atoms with Crippen molar-refractivity contribution in [3.05, 3.63) is 95.6 Å². The minimum atomic E-state index is -0.448. The molecule has 0 radical (unpaired) electrons. The molecule has 0 N–H and O–H groups in total. The largest absolute Gasteiger partial charge is 0.118 e. The molecule has 1 aliphatic rings. The third kappa shape index (κ3) is 2.48. The van der Waals surface area contributed by atoms with Gasteiger partial charge in [0.1, 0.15) is 0 Å². The summed E-state index contributed by atoms with van der Waals surface area (Å²) in [5, 5.41) is 0. The highest BCUT2D eigenvalue weighted by Crippen LogP contribution is 2.34. The predicted molar refractivity (Wildman–Crippen MR) is 92.4 cm³/mol. The maximum absolute atomic E-state index is 5.82. The van der Waals surface area contributed by atoms with Crippen LogP contribution in [0.1, 0.15) is 22.6 Å².